The molecule has 4 heterocycles. The monoisotopic (exact) mass is 382 g/mol. The lowest BCUT2D eigenvalue weighted by atomic mass is 10.0. The number of nitrogens with one attached hydrogen (secondary N) is 1. The number of halogens is 2. The average molecular weight is 382 g/mol. The van der Waals surface area contributed by atoms with Gasteiger partial charge in [-0.2, -0.15) is 0 Å². The summed E-state index contributed by atoms with van der Waals surface area (Å²) in [5, 5.41) is 4.58. The van der Waals surface area contributed by atoms with Crippen LogP contribution in [0.4, 0.5) is 13.9 Å². The van der Waals surface area contributed by atoms with Crippen LogP contribution in [0, 0.1) is 5.92 Å². The van der Waals surface area contributed by atoms with Crippen molar-refractivity contribution in [2.24, 2.45) is 5.92 Å². The quantitative estimate of drug-likeness (QED) is 0.853. The molecular weight excluding hydrogens is 358 g/mol. The summed E-state index contributed by atoms with van der Waals surface area (Å²) in [6.45, 7) is 3.17. The zero-order valence-corrected chi connectivity index (χ0v) is 15.5. The molecule has 5 rings (SSSR count). The highest BCUT2D eigenvalue weighted by Crippen LogP contribution is 2.41. The highest BCUT2D eigenvalue weighted by Gasteiger charge is 2.44. The summed E-state index contributed by atoms with van der Waals surface area (Å²) in [5.74, 6) is -3.27. The van der Waals surface area contributed by atoms with Gasteiger partial charge in [0.05, 0.1) is 12.2 Å². The second-order valence-corrected chi connectivity index (χ2v) is 9.18. The molecule has 1 saturated carbocycles. The van der Waals surface area contributed by atoms with Gasteiger partial charge in [0.25, 0.3) is 0 Å². The maximum Gasteiger partial charge on any atom is 0.248 e. The molecule has 0 radical (unpaired) electrons. The van der Waals surface area contributed by atoms with E-state index in [0.717, 1.165) is 35.2 Å². The summed E-state index contributed by atoms with van der Waals surface area (Å²) >= 11 is 1.70. The van der Waals surface area contributed by atoms with Crippen molar-refractivity contribution in [3.8, 4) is 0 Å². The average Bonchev–Trinajstić information content (AvgIpc) is 3.26. The van der Waals surface area contributed by atoms with E-state index in [1.165, 1.54) is 12.8 Å². The number of carbonyl (C=O) groups is 1. The van der Waals surface area contributed by atoms with Crippen molar-refractivity contribution >= 4 is 22.4 Å². The van der Waals surface area contributed by atoms with Crippen LogP contribution >= 0.6 is 11.3 Å². The van der Waals surface area contributed by atoms with Crippen molar-refractivity contribution in [2.75, 3.05) is 24.5 Å². The second-order valence-electron chi connectivity index (χ2n) is 8.12. The molecule has 4 aliphatic rings. The van der Waals surface area contributed by atoms with Crippen LogP contribution in [0.15, 0.2) is 0 Å². The number of nitrogens with zero attached hydrogens (tertiary/aromatic N) is 3. The van der Waals surface area contributed by atoms with E-state index in [-0.39, 0.29) is 18.7 Å². The number of amides is 1. The van der Waals surface area contributed by atoms with E-state index in [4.69, 9.17) is 4.98 Å². The number of carbonyl (C=O) groups excluding carboxylic acids is 1. The number of hydrogen-bond donors (Lipinski definition) is 1. The third-order valence-corrected chi connectivity index (χ3v) is 7.48. The van der Waals surface area contributed by atoms with Gasteiger partial charge in [0, 0.05) is 61.8 Å². The van der Waals surface area contributed by atoms with Gasteiger partial charge >= 0.3 is 0 Å². The van der Waals surface area contributed by atoms with Gasteiger partial charge in [0.1, 0.15) is 0 Å². The molecular formula is C18H24F2N4OS. The number of hydrogen-bond acceptors (Lipinski definition) is 5. The normalized spacial score (nSPS) is 32.8. The maximum atomic E-state index is 13.5. The molecule has 1 aromatic rings. The van der Waals surface area contributed by atoms with Gasteiger partial charge in [-0.3, -0.25) is 4.79 Å². The van der Waals surface area contributed by atoms with Crippen molar-refractivity contribution in [1.82, 2.24) is 15.2 Å². The minimum Gasteiger partial charge on any atom is -0.340 e. The van der Waals surface area contributed by atoms with Crippen LogP contribution in [0.2, 0.25) is 0 Å². The summed E-state index contributed by atoms with van der Waals surface area (Å²) in [6.07, 6.45) is 3.03. The lowest BCUT2D eigenvalue weighted by molar-refractivity contribution is -0.137. The fourth-order valence-corrected chi connectivity index (χ4v) is 6.26. The van der Waals surface area contributed by atoms with Gasteiger partial charge in [-0.05, 0) is 19.3 Å². The number of alkyl halides is 2. The molecule has 2 bridgehead atoms. The van der Waals surface area contributed by atoms with Crippen LogP contribution in [0.1, 0.15) is 42.7 Å². The lowest BCUT2D eigenvalue weighted by Gasteiger charge is -2.35. The smallest absolute Gasteiger partial charge is 0.248 e. The van der Waals surface area contributed by atoms with E-state index in [1.807, 2.05) is 0 Å². The number of aromatic nitrogens is 1. The summed E-state index contributed by atoms with van der Waals surface area (Å²) in [5.41, 5.74) is 1.10. The summed E-state index contributed by atoms with van der Waals surface area (Å²) in [6, 6.07) is 1.06. The molecule has 1 aromatic heterocycles. The first-order chi connectivity index (χ1) is 12.5. The Morgan fingerprint density at radius 3 is 2.69 bits per heavy atom. The van der Waals surface area contributed by atoms with Crippen LogP contribution in [-0.4, -0.2) is 53.4 Å². The molecule has 3 fully saturated rings. The number of thiazole rings is 1. The minimum atomic E-state index is -2.67. The van der Waals surface area contributed by atoms with E-state index < -0.39 is 11.8 Å². The standard InChI is InChI=1S/C18H24F2N4OS/c19-18(20)5-3-11(7-18)16(25)23-6-4-14-15(10-23)26-17(22-14)24-12-1-2-13(24)9-21-8-12/h11-13,21H,1-10H2. The number of piperazine rings is 1. The van der Waals surface area contributed by atoms with Crippen molar-refractivity contribution in [1.29, 1.82) is 0 Å². The Bertz CT molecular complexity index is 708. The molecule has 1 aliphatic carbocycles. The fraction of sp³-hybridized carbons (Fsp3) is 0.778. The maximum absolute atomic E-state index is 13.5. The number of fused-ring (bicyclic) bond motifs is 3. The van der Waals surface area contributed by atoms with Crippen molar-refractivity contribution in [2.45, 2.75) is 63.1 Å². The largest absolute Gasteiger partial charge is 0.340 e. The Balaban J connectivity index is 1.31. The third-order valence-electron chi connectivity index (χ3n) is 6.39. The first-order valence-corrected chi connectivity index (χ1v) is 10.5. The van der Waals surface area contributed by atoms with Crippen LogP contribution in [0.3, 0.4) is 0 Å². The zero-order chi connectivity index (χ0) is 17.9. The fourth-order valence-electron chi connectivity index (χ4n) is 4.99. The molecule has 1 amide bonds. The Hall–Kier alpha value is -1.28. The van der Waals surface area contributed by atoms with Gasteiger partial charge in [0.2, 0.25) is 11.8 Å². The molecule has 0 spiro atoms. The molecule has 5 nitrogen and oxygen atoms in total. The van der Waals surface area contributed by atoms with Crippen LogP contribution < -0.4 is 10.2 Å². The summed E-state index contributed by atoms with van der Waals surface area (Å²) in [4.78, 5) is 23.0. The predicted molar refractivity (Wildman–Crippen MR) is 95.7 cm³/mol. The molecule has 3 unspecified atom stereocenters. The molecule has 1 N–H and O–H groups in total. The molecule has 8 heteroatoms. The minimum absolute atomic E-state index is 0.0926. The van der Waals surface area contributed by atoms with Crippen molar-refractivity contribution in [3.05, 3.63) is 10.6 Å². The molecule has 3 aliphatic heterocycles. The van der Waals surface area contributed by atoms with Gasteiger partial charge < -0.3 is 15.1 Å². The molecule has 26 heavy (non-hydrogen) atoms. The van der Waals surface area contributed by atoms with Crippen molar-refractivity contribution in [3.63, 3.8) is 0 Å². The lowest BCUT2D eigenvalue weighted by Crippen LogP contribution is -2.51. The Morgan fingerprint density at radius 1 is 1.23 bits per heavy atom. The number of rotatable bonds is 2. The van der Waals surface area contributed by atoms with E-state index in [1.54, 1.807) is 16.2 Å². The SMILES string of the molecule is O=C(C1CCC(F)(F)C1)N1CCc2nc(N3C4CCC3CNC4)sc2C1. The summed E-state index contributed by atoms with van der Waals surface area (Å²) in [7, 11) is 0. The molecule has 2 saturated heterocycles. The highest BCUT2D eigenvalue weighted by atomic mass is 32.1. The van der Waals surface area contributed by atoms with Gasteiger partial charge in [-0.15, -0.1) is 0 Å². The predicted octanol–water partition coefficient (Wildman–Crippen LogP) is 2.40. The van der Waals surface area contributed by atoms with Gasteiger partial charge in [-0.25, -0.2) is 13.8 Å². The zero-order valence-electron chi connectivity index (χ0n) is 14.7. The van der Waals surface area contributed by atoms with Crippen LogP contribution in [0.5, 0.6) is 0 Å². The summed E-state index contributed by atoms with van der Waals surface area (Å²) < 4.78 is 26.9. The first kappa shape index (κ1) is 16.9. The third kappa shape index (κ3) is 2.81. The number of anilines is 1. The highest BCUT2D eigenvalue weighted by molar-refractivity contribution is 7.15. The Morgan fingerprint density at radius 2 is 2.00 bits per heavy atom. The van der Waals surface area contributed by atoms with E-state index in [9.17, 15) is 13.6 Å². The first-order valence-electron chi connectivity index (χ1n) is 9.64. The van der Waals surface area contributed by atoms with E-state index in [2.05, 4.69) is 10.2 Å². The van der Waals surface area contributed by atoms with Gasteiger partial charge in [0.15, 0.2) is 5.13 Å². The topological polar surface area (TPSA) is 48.5 Å². The molecule has 0 aromatic carbocycles. The van der Waals surface area contributed by atoms with Crippen molar-refractivity contribution < 1.29 is 13.6 Å². The van der Waals surface area contributed by atoms with Crippen LogP contribution in [-0.2, 0) is 17.8 Å². The van der Waals surface area contributed by atoms with E-state index in [0.29, 0.717) is 31.6 Å². The second kappa shape index (κ2) is 6.12. The van der Waals surface area contributed by atoms with E-state index >= 15 is 0 Å². The molecule has 3 atom stereocenters. The van der Waals surface area contributed by atoms with Crippen LogP contribution in [0.25, 0.3) is 0 Å². The molecule has 142 valence electrons. The Kier molecular flexibility index (Phi) is 3.97. The van der Waals surface area contributed by atoms with Gasteiger partial charge in [-0.1, -0.05) is 11.3 Å². The Labute approximate surface area is 155 Å².